The van der Waals surface area contributed by atoms with Crippen LogP contribution in [0.5, 0.6) is 0 Å². The number of carbonyl (C=O) groups excluding carboxylic acids is 2. The third kappa shape index (κ3) is 7.30. The van der Waals surface area contributed by atoms with Crippen LogP contribution in [-0.4, -0.2) is 25.0 Å². The van der Waals surface area contributed by atoms with Gasteiger partial charge in [0.05, 0.1) is 13.2 Å². The lowest BCUT2D eigenvalue weighted by Crippen LogP contribution is -2.06. The molecule has 0 aromatic heterocycles. The van der Waals surface area contributed by atoms with E-state index in [0.29, 0.717) is 13.2 Å². The van der Waals surface area contributed by atoms with E-state index in [-0.39, 0.29) is 11.8 Å². The van der Waals surface area contributed by atoms with Crippen molar-refractivity contribution < 1.29 is 14.3 Å². The number of hydrogen-bond acceptors (Lipinski definition) is 3. The smallest absolute Gasteiger partial charge is 0.221 e. The Morgan fingerprint density at radius 1 is 0.778 bits per heavy atom. The molecule has 2 rings (SSSR count). The van der Waals surface area contributed by atoms with Crippen LogP contribution in [0.2, 0.25) is 0 Å². The fraction of sp³-hybridized carbons (Fsp3) is 0.182. The second-order valence-corrected chi connectivity index (χ2v) is 5.88. The van der Waals surface area contributed by atoms with Gasteiger partial charge >= 0.3 is 0 Å². The Kier molecular flexibility index (Phi) is 8.00. The molecular weight excluding hydrogens is 340 g/mol. The van der Waals surface area contributed by atoms with Crippen LogP contribution in [0.1, 0.15) is 25.0 Å². The van der Waals surface area contributed by atoms with Crippen molar-refractivity contribution in [2.75, 3.05) is 23.8 Å². The fourth-order valence-electron chi connectivity index (χ4n) is 2.45. The predicted molar refractivity (Wildman–Crippen MR) is 110 cm³/mol. The number of rotatable bonds is 8. The van der Waals surface area contributed by atoms with Crippen LogP contribution in [0.15, 0.2) is 60.7 Å². The Bertz CT molecular complexity index is 771. The van der Waals surface area contributed by atoms with Gasteiger partial charge in [-0.05, 0) is 23.3 Å². The summed E-state index contributed by atoms with van der Waals surface area (Å²) in [5, 5.41) is 5.60. The molecule has 0 saturated heterocycles. The minimum absolute atomic E-state index is 0.100. The number of nitrogens with one attached hydrogen (secondary N) is 2. The van der Waals surface area contributed by atoms with Crippen molar-refractivity contribution in [3.05, 3.63) is 71.8 Å². The van der Waals surface area contributed by atoms with Gasteiger partial charge in [0.1, 0.15) is 0 Å². The molecule has 0 bridgehead atoms. The molecule has 2 aromatic carbocycles. The van der Waals surface area contributed by atoms with E-state index in [0.717, 1.165) is 22.5 Å². The zero-order valence-corrected chi connectivity index (χ0v) is 15.6. The van der Waals surface area contributed by atoms with Gasteiger partial charge in [-0.25, -0.2) is 0 Å². The zero-order chi connectivity index (χ0) is 19.5. The third-order valence-corrected chi connectivity index (χ3v) is 3.57. The van der Waals surface area contributed by atoms with Gasteiger partial charge < -0.3 is 15.4 Å². The van der Waals surface area contributed by atoms with Crippen molar-refractivity contribution >= 4 is 35.3 Å². The molecule has 2 amide bonds. The highest BCUT2D eigenvalue weighted by molar-refractivity contribution is 5.91. The highest BCUT2D eigenvalue weighted by Crippen LogP contribution is 2.17. The lowest BCUT2D eigenvalue weighted by molar-refractivity contribution is -0.115. The molecule has 140 valence electrons. The zero-order valence-electron chi connectivity index (χ0n) is 15.6. The lowest BCUT2D eigenvalue weighted by Gasteiger charge is -2.06. The van der Waals surface area contributed by atoms with Crippen LogP contribution in [0, 0.1) is 0 Å². The highest BCUT2D eigenvalue weighted by atomic mass is 16.5. The Labute approximate surface area is 159 Å². The topological polar surface area (TPSA) is 67.4 Å². The average molecular weight is 364 g/mol. The number of ether oxygens (including phenoxy) is 1. The molecule has 5 heteroatoms. The molecule has 0 radical (unpaired) electrons. The molecule has 0 aliphatic rings. The summed E-state index contributed by atoms with van der Waals surface area (Å²) >= 11 is 0. The lowest BCUT2D eigenvalue weighted by atomic mass is 10.1. The molecule has 0 spiro atoms. The van der Waals surface area contributed by atoms with E-state index in [1.54, 1.807) is 0 Å². The standard InChI is InChI=1S/C22H24N2O3/c1-17(25)23-21-13-5-3-9-19(21)11-7-15-27-16-8-12-20-10-4-6-14-22(20)24-18(2)26/h3-14H,15-16H2,1-2H3,(H,23,25)(H,24,26). The Balaban J connectivity index is 1.83. The van der Waals surface area contributed by atoms with E-state index in [9.17, 15) is 9.59 Å². The van der Waals surface area contributed by atoms with Crippen LogP contribution in [0.25, 0.3) is 12.2 Å². The van der Waals surface area contributed by atoms with E-state index in [1.165, 1.54) is 13.8 Å². The third-order valence-electron chi connectivity index (χ3n) is 3.57. The van der Waals surface area contributed by atoms with Gasteiger partial charge in [0.2, 0.25) is 11.8 Å². The second kappa shape index (κ2) is 10.7. The molecule has 0 aliphatic carbocycles. The maximum absolute atomic E-state index is 11.2. The second-order valence-electron chi connectivity index (χ2n) is 5.88. The quantitative estimate of drug-likeness (QED) is 0.685. The number of amides is 2. The molecule has 0 unspecified atom stereocenters. The van der Waals surface area contributed by atoms with Crippen LogP contribution < -0.4 is 10.6 Å². The Hall–Kier alpha value is -3.18. The van der Waals surface area contributed by atoms with Crippen LogP contribution in [0.3, 0.4) is 0 Å². The SMILES string of the molecule is CC(=O)Nc1ccccc1C=CCOCC=Cc1ccccc1NC(C)=O. The summed E-state index contributed by atoms with van der Waals surface area (Å²) in [5.41, 5.74) is 3.40. The monoisotopic (exact) mass is 364 g/mol. The summed E-state index contributed by atoms with van der Waals surface area (Å²) in [5.74, 6) is -0.200. The maximum atomic E-state index is 11.2. The number of carbonyl (C=O) groups is 2. The average Bonchev–Trinajstić information content (AvgIpc) is 2.62. The molecule has 5 nitrogen and oxygen atoms in total. The summed E-state index contributed by atoms with van der Waals surface area (Å²) in [6.07, 6.45) is 7.64. The normalized spacial score (nSPS) is 11.0. The minimum Gasteiger partial charge on any atom is -0.373 e. The van der Waals surface area contributed by atoms with Crippen molar-refractivity contribution in [1.29, 1.82) is 0 Å². The van der Waals surface area contributed by atoms with Gasteiger partial charge in [0, 0.05) is 25.2 Å². The summed E-state index contributed by atoms with van der Waals surface area (Å²) in [6.45, 7) is 3.87. The number of para-hydroxylation sites is 2. The van der Waals surface area contributed by atoms with Crippen LogP contribution in [-0.2, 0) is 14.3 Å². The Morgan fingerprint density at radius 3 is 1.59 bits per heavy atom. The molecule has 2 aromatic rings. The number of benzene rings is 2. The first kappa shape index (κ1) is 20.1. The predicted octanol–water partition coefficient (Wildman–Crippen LogP) is 4.35. The molecule has 0 atom stereocenters. The van der Waals surface area contributed by atoms with Crippen molar-refractivity contribution in [1.82, 2.24) is 0 Å². The molecule has 0 saturated carbocycles. The summed E-state index contributed by atoms with van der Waals surface area (Å²) in [6, 6.07) is 15.2. The van der Waals surface area contributed by atoms with Crippen molar-refractivity contribution in [3.63, 3.8) is 0 Å². The summed E-state index contributed by atoms with van der Waals surface area (Å²) in [4.78, 5) is 22.4. The fourth-order valence-corrected chi connectivity index (χ4v) is 2.45. The van der Waals surface area contributed by atoms with E-state index in [1.807, 2.05) is 72.8 Å². The van der Waals surface area contributed by atoms with E-state index < -0.39 is 0 Å². The van der Waals surface area contributed by atoms with Crippen molar-refractivity contribution in [2.24, 2.45) is 0 Å². The summed E-state index contributed by atoms with van der Waals surface area (Å²) < 4.78 is 5.57. The number of hydrogen-bond donors (Lipinski definition) is 2. The first-order valence-electron chi connectivity index (χ1n) is 8.70. The van der Waals surface area contributed by atoms with Crippen LogP contribution >= 0.6 is 0 Å². The molecule has 0 aliphatic heterocycles. The van der Waals surface area contributed by atoms with Gasteiger partial charge in [0.25, 0.3) is 0 Å². The Morgan fingerprint density at radius 2 is 1.19 bits per heavy atom. The first-order valence-corrected chi connectivity index (χ1v) is 8.70. The van der Waals surface area contributed by atoms with E-state index in [2.05, 4.69) is 10.6 Å². The first-order chi connectivity index (χ1) is 13.1. The molecule has 27 heavy (non-hydrogen) atoms. The van der Waals surface area contributed by atoms with Crippen molar-refractivity contribution in [2.45, 2.75) is 13.8 Å². The highest BCUT2D eigenvalue weighted by Gasteiger charge is 2.00. The van der Waals surface area contributed by atoms with E-state index >= 15 is 0 Å². The molecule has 0 fully saturated rings. The van der Waals surface area contributed by atoms with Gasteiger partial charge in [-0.1, -0.05) is 60.7 Å². The summed E-state index contributed by atoms with van der Waals surface area (Å²) in [7, 11) is 0. The maximum Gasteiger partial charge on any atom is 0.221 e. The van der Waals surface area contributed by atoms with Crippen LogP contribution in [0.4, 0.5) is 11.4 Å². The molecule has 0 heterocycles. The van der Waals surface area contributed by atoms with Gasteiger partial charge in [-0.15, -0.1) is 0 Å². The molecular formula is C22H24N2O3. The number of anilines is 2. The van der Waals surface area contributed by atoms with Gasteiger partial charge in [-0.2, -0.15) is 0 Å². The van der Waals surface area contributed by atoms with Gasteiger partial charge in [0.15, 0.2) is 0 Å². The van der Waals surface area contributed by atoms with Crippen molar-refractivity contribution in [3.8, 4) is 0 Å². The van der Waals surface area contributed by atoms with E-state index in [4.69, 9.17) is 4.74 Å². The minimum atomic E-state index is -0.100. The molecule has 2 N–H and O–H groups in total. The van der Waals surface area contributed by atoms with Gasteiger partial charge in [-0.3, -0.25) is 9.59 Å². The largest absolute Gasteiger partial charge is 0.373 e.